The molecule has 0 fully saturated rings. The molecule has 1 aromatic heterocycles. The lowest BCUT2D eigenvalue weighted by Gasteiger charge is -2.08. The summed E-state index contributed by atoms with van der Waals surface area (Å²) in [5, 5.41) is 3.03. The standard InChI is InChI=1S/C17H13FN2O/c18-16-7-4-8-17(20-16)19-13-9-11-15(12-10-13)21-14-5-2-1-3-6-14/h1-12H,(H,19,20). The number of hydrogen-bond donors (Lipinski definition) is 1. The number of rotatable bonds is 4. The predicted octanol–water partition coefficient (Wildman–Crippen LogP) is 4.76. The molecular formula is C17H13FN2O. The van der Waals surface area contributed by atoms with E-state index in [1.807, 2.05) is 54.6 Å². The normalized spacial score (nSPS) is 10.1. The molecule has 4 heteroatoms. The molecule has 1 N–H and O–H groups in total. The lowest BCUT2D eigenvalue weighted by molar-refractivity contribution is 0.483. The molecule has 3 nitrogen and oxygen atoms in total. The quantitative estimate of drug-likeness (QED) is 0.700. The molecule has 0 amide bonds. The lowest BCUT2D eigenvalue weighted by Crippen LogP contribution is -1.94. The lowest BCUT2D eigenvalue weighted by atomic mass is 10.3. The van der Waals surface area contributed by atoms with Crippen molar-refractivity contribution in [2.75, 3.05) is 5.32 Å². The van der Waals surface area contributed by atoms with E-state index < -0.39 is 5.95 Å². The van der Waals surface area contributed by atoms with Crippen LogP contribution in [-0.2, 0) is 0 Å². The number of nitrogens with one attached hydrogen (secondary N) is 1. The van der Waals surface area contributed by atoms with Gasteiger partial charge in [0, 0.05) is 5.69 Å². The van der Waals surface area contributed by atoms with Crippen LogP contribution in [0.5, 0.6) is 11.5 Å². The Morgan fingerprint density at radius 3 is 2.19 bits per heavy atom. The van der Waals surface area contributed by atoms with Crippen LogP contribution in [-0.4, -0.2) is 4.98 Å². The molecular weight excluding hydrogens is 267 g/mol. The smallest absolute Gasteiger partial charge is 0.214 e. The van der Waals surface area contributed by atoms with Crippen LogP contribution >= 0.6 is 0 Å². The first-order valence-corrected chi connectivity index (χ1v) is 6.52. The Labute approximate surface area is 122 Å². The Bertz CT molecular complexity index is 714. The van der Waals surface area contributed by atoms with Gasteiger partial charge in [-0.15, -0.1) is 0 Å². The van der Waals surface area contributed by atoms with Gasteiger partial charge in [0.1, 0.15) is 17.3 Å². The summed E-state index contributed by atoms with van der Waals surface area (Å²) >= 11 is 0. The van der Waals surface area contributed by atoms with Crippen molar-refractivity contribution in [1.29, 1.82) is 0 Å². The molecule has 0 unspecified atom stereocenters. The van der Waals surface area contributed by atoms with Gasteiger partial charge in [-0.3, -0.25) is 0 Å². The first-order chi connectivity index (χ1) is 10.3. The van der Waals surface area contributed by atoms with E-state index >= 15 is 0 Å². The third kappa shape index (κ3) is 3.57. The fourth-order valence-corrected chi connectivity index (χ4v) is 1.86. The van der Waals surface area contributed by atoms with Crippen molar-refractivity contribution in [3.8, 4) is 11.5 Å². The third-order valence-electron chi connectivity index (χ3n) is 2.82. The van der Waals surface area contributed by atoms with Gasteiger partial charge in [0.2, 0.25) is 5.95 Å². The van der Waals surface area contributed by atoms with Crippen LogP contribution in [0.1, 0.15) is 0 Å². The van der Waals surface area contributed by atoms with Gasteiger partial charge in [-0.1, -0.05) is 24.3 Å². The maximum Gasteiger partial charge on any atom is 0.214 e. The highest BCUT2D eigenvalue weighted by Gasteiger charge is 2.00. The van der Waals surface area contributed by atoms with E-state index in [9.17, 15) is 4.39 Å². The van der Waals surface area contributed by atoms with Gasteiger partial charge < -0.3 is 10.1 Å². The number of hydrogen-bond acceptors (Lipinski definition) is 3. The second-order valence-corrected chi connectivity index (χ2v) is 4.41. The molecule has 0 atom stereocenters. The number of para-hydroxylation sites is 1. The predicted molar refractivity (Wildman–Crippen MR) is 80.4 cm³/mol. The molecule has 0 bridgehead atoms. The highest BCUT2D eigenvalue weighted by molar-refractivity contribution is 5.57. The Kier molecular flexibility index (Phi) is 3.78. The number of benzene rings is 2. The van der Waals surface area contributed by atoms with Crippen LogP contribution in [0.15, 0.2) is 72.8 Å². The minimum atomic E-state index is -0.510. The highest BCUT2D eigenvalue weighted by Crippen LogP contribution is 2.23. The van der Waals surface area contributed by atoms with Gasteiger partial charge in [0.05, 0.1) is 0 Å². The second-order valence-electron chi connectivity index (χ2n) is 4.41. The average Bonchev–Trinajstić information content (AvgIpc) is 2.50. The van der Waals surface area contributed by atoms with E-state index in [0.717, 1.165) is 17.2 Å². The summed E-state index contributed by atoms with van der Waals surface area (Å²) in [5.74, 6) is 1.47. The van der Waals surface area contributed by atoms with Crippen LogP contribution in [0, 0.1) is 5.95 Å². The summed E-state index contributed by atoms with van der Waals surface area (Å²) in [6.45, 7) is 0. The minimum Gasteiger partial charge on any atom is -0.457 e. The number of ether oxygens (including phenoxy) is 1. The maximum absolute atomic E-state index is 13.0. The van der Waals surface area contributed by atoms with E-state index in [1.165, 1.54) is 6.07 Å². The first-order valence-electron chi connectivity index (χ1n) is 6.52. The fourth-order valence-electron chi connectivity index (χ4n) is 1.86. The van der Waals surface area contributed by atoms with Crippen LogP contribution < -0.4 is 10.1 Å². The van der Waals surface area contributed by atoms with Crippen molar-refractivity contribution < 1.29 is 9.13 Å². The van der Waals surface area contributed by atoms with Crippen molar-refractivity contribution >= 4 is 11.5 Å². The largest absolute Gasteiger partial charge is 0.457 e. The molecule has 104 valence electrons. The van der Waals surface area contributed by atoms with Gasteiger partial charge >= 0.3 is 0 Å². The monoisotopic (exact) mass is 280 g/mol. The van der Waals surface area contributed by atoms with Crippen molar-refractivity contribution in [2.24, 2.45) is 0 Å². The van der Waals surface area contributed by atoms with Crippen LogP contribution in [0.25, 0.3) is 0 Å². The van der Waals surface area contributed by atoms with Crippen molar-refractivity contribution in [1.82, 2.24) is 4.98 Å². The van der Waals surface area contributed by atoms with Crippen LogP contribution in [0.4, 0.5) is 15.9 Å². The molecule has 1 heterocycles. The van der Waals surface area contributed by atoms with E-state index in [0.29, 0.717) is 5.82 Å². The minimum absolute atomic E-state index is 0.465. The van der Waals surface area contributed by atoms with Gasteiger partial charge in [-0.2, -0.15) is 4.39 Å². The molecule has 0 aliphatic carbocycles. The summed E-state index contributed by atoms with van der Waals surface area (Å²) in [6.07, 6.45) is 0. The molecule has 2 aromatic carbocycles. The highest BCUT2D eigenvalue weighted by atomic mass is 19.1. The Hall–Kier alpha value is -2.88. The molecule has 3 aromatic rings. The van der Waals surface area contributed by atoms with Gasteiger partial charge in [-0.25, -0.2) is 4.98 Å². The molecule has 0 saturated carbocycles. The molecule has 21 heavy (non-hydrogen) atoms. The average molecular weight is 280 g/mol. The maximum atomic E-state index is 13.0. The summed E-state index contributed by atoms with van der Waals surface area (Å²) < 4.78 is 18.7. The Morgan fingerprint density at radius 2 is 1.48 bits per heavy atom. The SMILES string of the molecule is Fc1cccc(Nc2ccc(Oc3ccccc3)cc2)n1. The van der Waals surface area contributed by atoms with Crippen LogP contribution in [0.3, 0.4) is 0 Å². The number of aromatic nitrogens is 1. The molecule has 3 rings (SSSR count). The van der Waals surface area contributed by atoms with Gasteiger partial charge in [0.25, 0.3) is 0 Å². The zero-order valence-electron chi connectivity index (χ0n) is 11.2. The molecule has 0 aliphatic rings. The Balaban J connectivity index is 1.69. The zero-order chi connectivity index (χ0) is 14.5. The van der Waals surface area contributed by atoms with Crippen molar-refractivity contribution in [2.45, 2.75) is 0 Å². The number of anilines is 2. The second kappa shape index (κ2) is 6.05. The number of halogens is 1. The number of pyridine rings is 1. The van der Waals surface area contributed by atoms with Crippen molar-refractivity contribution in [3.05, 3.63) is 78.7 Å². The first kappa shape index (κ1) is 13.1. The third-order valence-corrected chi connectivity index (χ3v) is 2.82. The molecule has 0 aliphatic heterocycles. The number of nitrogens with zero attached hydrogens (tertiary/aromatic N) is 1. The van der Waals surface area contributed by atoms with Gasteiger partial charge in [0.15, 0.2) is 0 Å². The van der Waals surface area contributed by atoms with E-state index in [2.05, 4.69) is 10.3 Å². The van der Waals surface area contributed by atoms with Crippen LogP contribution in [0.2, 0.25) is 0 Å². The summed E-state index contributed by atoms with van der Waals surface area (Å²) in [7, 11) is 0. The summed E-state index contributed by atoms with van der Waals surface area (Å²) in [6, 6.07) is 21.6. The van der Waals surface area contributed by atoms with Crippen molar-refractivity contribution in [3.63, 3.8) is 0 Å². The molecule has 0 radical (unpaired) electrons. The molecule has 0 spiro atoms. The van der Waals surface area contributed by atoms with E-state index in [1.54, 1.807) is 12.1 Å². The van der Waals surface area contributed by atoms with E-state index in [4.69, 9.17) is 4.74 Å². The fraction of sp³-hybridized carbons (Fsp3) is 0. The van der Waals surface area contributed by atoms with E-state index in [-0.39, 0.29) is 0 Å². The van der Waals surface area contributed by atoms with Gasteiger partial charge in [-0.05, 0) is 48.5 Å². The topological polar surface area (TPSA) is 34.1 Å². The Morgan fingerprint density at radius 1 is 0.762 bits per heavy atom. The molecule has 0 saturated heterocycles. The summed E-state index contributed by atoms with van der Waals surface area (Å²) in [5.41, 5.74) is 0.813. The zero-order valence-corrected chi connectivity index (χ0v) is 11.2. The summed E-state index contributed by atoms with van der Waals surface area (Å²) in [4.78, 5) is 3.75.